The van der Waals surface area contributed by atoms with Gasteiger partial charge in [0.2, 0.25) is 0 Å². The molecule has 2 amide bonds. The Morgan fingerprint density at radius 1 is 1.15 bits per heavy atom. The number of benzene rings is 2. The fraction of sp³-hybridized carbons (Fsp3) is 0.278. The molecule has 1 aliphatic heterocycles. The third-order valence-electron chi connectivity index (χ3n) is 4.23. The van der Waals surface area contributed by atoms with Crippen LogP contribution < -0.4 is 15.5 Å². The summed E-state index contributed by atoms with van der Waals surface area (Å²) in [5.41, 5.74) is 2.28. The number of aliphatic hydroxyl groups is 1. The molecule has 1 heterocycles. The van der Waals surface area contributed by atoms with Gasteiger partial charge in [-0.2, -0.15) is 0 Å². The maximum absolute atomic E-state index is 11.6. The molecule has 1 aliphatic rings. The van der Waals surface area contributed by atoms with Gasteiger partial charge in [-0.3, -0.25) is 4.90 Å². The number of carbonyl (C=O) groups is 1. The van der Waals surface area contributed by atoms with Crippen LogP contribution in [0.1, 0.15) is 11.7 Å². The minimum Gasteiger partial charge on any atom is -0.387 e. The van der Waals surface area contributed by atoms with Crippen molar-refractivity contribution in [3.8, 4) is 0 Å². The number of rotatable bonds is 6. The molecule has 1 atom stereocenters. The number of sulfone groups is 1. The predicted octanol–water partition coefficient (Wildman–Crippen LogP) is 1.77. The lowest BCUT2D eigenvalue weighted by atomic mass is 10.1. The minimum atomic E-state index is -3.25. The highest BCUT2D eigenvalue weighted by Gasteiger charge is 2.20. The van der Waals surface area contributed by atoms with E-state index in [2.05, 4.69) is 10.6 Å². The lowest BCUT2D eigenvalue weighted by molar-refractivity contribution is 0.191. The summed E-state index contributed by atoms with van der Waals surface area (Å²) in [7, 11) is -3.25. The molecule has 0 radical (unpaired) electrons. The van der Waals surface area contributed by atoms with Crippen molar-refractivity contribution in [2.45, 2.75) is 11.0 Å². The van der Waals surface area contributed by atoms with Crippen LogP contribution in [-0.2, 0) is 9.84 Å². The summed E-state index contributed by atoms with van der Waals surface area (Å²) >= 11 is 0. The Bertz CT molecular complexity index is 880. The fourth-order valence-corrected chi connectivity index (χ4v) is 3.38. The Morgan fingerprint density at radius 3 is 2.35 bits per heavy atom. The molecule has 0 bridgehead atoms. The minimum absolute atomic E-state index is 0.0985. The zero-order valence-corrected chi connectivity index (χ0v) is 15.2. The van der Waals surface area contributed by atoms with Crippen LogP contribution in [0.4, 0.5) is 16.2 Å². The van der Waals surface area contributed by atoms with E-state index in [1.807, 2.05) is 24.3 Å². The first-order valence-corrected chi connectivity index (χ1v) is 10.1. The summed E-state index contributed by atoms with van der Waals surface area (Å²) in [6.45, 7) is 1.57. The molecule has 0 spiro atoms. The molecule has 0 aliphatic carbocycles. The monoisotopic (exact) mass is 375 g/mol. The maximum Gasteiger partial charge on any atom is 0.321 e. The van der Waals surface area contributed by atoms with Crippen LogP contribution >= 0.6 is 0 Å². The third-order valence-corrected chi connectivity index (χ3v) is 5.36. The van der Waals surface area contributed by atoms with Gasteiger partial charge in [0.1, 0.15) is 0 Å². The zero-order valence-electron chi connectivity index (χ0n) is 14.3. The molecule has 7 nitrogen and oxygen atoms in total. The highest BCUT2D eigenvalue weighted by molar-refractivity contribution is 7.90. The summed E-state index contributed by atoms with van der Waals surface area (Å²) in [6.07, 6.45) is 0.378. The van der Waals surface area contributed by atoms with Gasteiger partial charge >= 0.3 is 6.03 Å². The molecule has 1 unspecified atom stereocenters. The molecular weight excluding hydrogens is 354 g/mol. The Balaban J connectivity index is 1.59. The number of nitrogens with one attached hydrogen (secondary N) is 2. The molecule has 2 aromatic carbocycles. The first-order chi connectivity index (χ1) is 12.3. The van der Waals surface area contributed by atoms with Gasteiger partial charge in [-0.05, 0) is 42.0 Å². The van der Waals surface area contributed by atoms with E-state index in [4.69, 9.17) is 0 Å². The SMILES string of the molecule is CS(=O)(=O)c1ccc(C(O)CNc2ccc(N3CCNC3=O)cc2)cc1. The average Bonchev–Trinajstić information content (AvgIpc) is 3.05. The van der Waals surface area contributed by atoms with Crippen LogP contribution in [-0.4, -0.2) is 45.4 Å². The van der Waals surface area contributed by atoms with Crippen molar-refractivity contribution in [1.29, 1.82) is 0 Å². The van der Waals surface area contributed by atoms with Crippen LogP contribution in [0.15, 0.2) is 53.4 Å². The largest absolute Gasteiger partial charge is 0.387 e. The van der Waals surface area contributed by atoms with Gasteiger partial charge in [0, 0.05) is 37.3 Å². The number of amides is 2. The summed E-state index contributed by atoms with van der Waals surface area (Å²) in [5, 5.41) is 16.1. The van der Waals surface area contributed by atoms with Gasteiger partial charge < -0.3 is 15.7 Å². The molecular formula is C18H21N3O4S. The lowest BCUT2D eigenvalue weighted by Gasteiger charge is -2.16. The zero-order chi connectivity index (χ0) is 18.7. The Hall–Kier alpha value is -2.58. The first kappa shape index (κ1) is 18.2. The summed E-state index contributed by atoms with van der Waals surface area (Å²) in [6, 6.07) is 13.5. The van der Waals surface area contributed by atoms with E-state index >= 15 is 0 Å². The van der Waals surface area contributed by atoms with E-state index in [0.29, 0.717) is 18.7 Å². The molecule has 1 saturated heterocycles. The number of urea groups is 1. The van der Waals surface area contributed by atoms with Gasteiger partial charge in [-0.1, -0.05) is 12.1 Å². The van der Waals surface area contributed by atoms with Crippen molar-refractivity contribution >= 4 is 27.2 Å². The number of carbonyl (C=O) groups excluding carboxylic acids is 1. The van der Waals surface area contributed by atoms with Gasteiger partial charge in [0.05, 0.1) is 11.0 Å². The second-order valence-electron chi connectivity index (χ2n) is 6.17. The standard InChI is InChI=1S/C18H21N3O4S/c1-26(24,25)16-8-2-13(3-9-16)17(22)12-20-14-4-6-15(7-5-14)21-11-10-19-18(21)23/h2-9,17,20,22H,10-12H2,1H3,(H,19,23). The first-order valence-electron chi connectivity index (χ1n) is 8.22. The quantitative estimate of drug-likeness (QED) is 0.715. The molecule has 3 N–H and O–H groups in total. The second-order valence-corrected chi connectivity index (χ2v) is 8.18. The molecule has 3 rings (SSSR count). The van der Waals surface area contributed by atoms with Gasteiger partial charge in [-0.25, -0.2) is 13.2 Å². The van der Waals surface area contributed by atoms with Crippen LogP contribution in [0.5, 0.6) is 0 Å². The number of hydrogen-bond acceptors (Lipinski definition) is 5. The average molecular weight is 375 g/mol. The summed E-state index contributed by atoms with van der Waals surface area (Å²) in [5.74, 6) is 0. The van der Waals surface area contributed by atoms with Crippen molar-refractivity contribution in [3.63, 3.8) is 0 Å². The van der Waals surface area contributed by atoms with E-state index in [0.717, 1.165) is 17.6 Å². The van der Waals surface area contributed by atoms with Gasteiger partial charge in [0.15, 0.2) is 9.84 Å². The van der Waals surface area contributed by atoms with Crippen molar-refractivity contribution < 1.29 is 18.3 Å². The van der Waals surface area contributed by atoms with Gasteiger partial charge in [-0.15, -0.1) is 0 Å². The fourth-order valence-electron chi connectivity index (χ4n) is 2.75. The molecule has 26 heavy (non-hydrogen) atoms. The lowest BCUT2D eigenvalue weighted by Crippen LogP contribution is -2.27. The van der Waals surface area contributed by atoms with E-state index < -0.39 is 15.9 Å². The Labute approximate surface area is 152 Å². The molecule has 0 saturated carbocycles. The summed E-state index contributed by atoms with van der Waals surface area (Å²) in [4.78, 5) is 13.5. The second kappa shape index (κ2) is 7.35. The van der Waals surface area contributed by atoms with Gasteiger partial charge in [0.25, 0.3) is 0 Å². The summed E-state index contributed by atoms with van der Waals surface area (Å²) < 4.78 is 22.9. The highest BCUT2D eigenvalue weighted by atomic mass is 32.2. The predicted molar refractivity (Wildman–Crippen MR) is 100 cm³/mol. The van der Waals surface area contributed by atoms with Crippen molar-refractivity contribution in [2.75, 3.05) is 36.1 Å². The Kier molecular flexibility index (Phi) is 5.15. The third kappa shape index (κ3) is 4.14. The number of anilines is 2. The molecule has 138 valence electrons. The molecule has 0 aromatic heterocycles. The van der Waals surface area contributed by atoms with Crippen LogP contribution in [0.3, 0.4) is 0 Å². The smallest absolute Gasteiger partial charge is 0.321 e. The molecule has 1 fully saturated rings. The number of aliphatic hydroxyl groups excluding tert-OH is 1. The van der Waals surface area contributed by atoms with Crippen LogP contribution in [0.2, 0.25) is 0 Å². The highest BCUT2D eigenvalue weighted by Crippen LogP contribution is 2.21. The van der Waals surface area contributed by atoms with E-state index in [1.54, 1.807) is 17.0 Å². The molecule has 2 aromatic rings. The van der Waals surface area contributed by atoms with Crippen molar-refractivity contribution in [1.82, 2.24) is 5.32 Å². The number of hydrogen-bond donors (Lipinski definition) is 3. The number of nitrogens with zero attached hydrogens (tertiary/aromatic N) is 1. The van der Waals surface area contributed by atoms with Crippen molar-refractivity contribution in [3.05, 3.63) is 54.1 Å². The van der Waals surface area contributed by atoms with Crippen LogP contribution in [0, 0.1) is 0 Å². The molecule has 8 heteroatoms. The Morgan fingerprint density at radius 2 is 1.81 bits per heavy atom. The normalized spacial score (nSPS) is 15.6. The van der Waals surface area contributed by atoms with E-state index in [1.165, 1.54) is 12.1 Å². The van der Waals surface area contributed by atoms with Crippen molar-refractivity contribution in [2.24, 2.45) is 0 Å². The van der Waals surface area contributed by atoms with E-state index in [9.17, 15) is 18.3 Å². The maximum atomic E-state index is 11.6. The van der Waals surface area contributed by atoms with Crippen LogP contribution in [0.25, 0.3) is 0 Å². The van der Waals surface area contributed by atoms with E-state index in [-0.39, 0.29) is 17.5 Å². The topological polar surface area (TPSA) is 98.7 Å².